The smallest absolute Gasteiger partial charge is 0.229 e. The second-order valence-corrected chi connectivity index (χ2v) is 4.35. The predicted octanol–water partition coefficient (Wildman–Crippen LogP) is 1.60. The van der Waals surface area contributed by atoms with Gasteiger partial charge in [0.25, 0.3) is 0 Å². The average molecular weight is 228 g/mol. The van der Waals surface area contributed by atoms with E-state index in [4.69, 9.17) is 6.42 Å². The Hall–Kier alpha value is -1.79. The molecule has 1 aliphatic heterocycles. The van der Waals surface area contributed by atoms with Crippen LogP contribution < -0.4 is 10.6 Å². The van der Waals surface area contributed by atoms with Crippen molar-refractivity contribution in [2.75, 3.05) is 11.9 Å². The minimum absolute atomic E-state index is 0.0458. The molecule has 1 aromatic rings. The first-order valence-corrected chi connectivity index (χ1v) is 5.81. The molecule has 1 saturated heterocycles. The first-order chi connectivity index (χ1) is 8.20. The highest BCUT2D eigenvalue weighted by molar-refractivity contribution is 5.93. The summed E-state index contributed by atoms with van der Waals surface area (Å²) in [6, 6.07) is 7.60. The lowest BCUT2D eigenvalue weighted by Gasteiger charge is -2.15. The summed E-state index contributed by atoms with van der Waals surface area (Å²) in [5, 5.41) is 6.18. The molecule has 2 atom stereocenters. The highest BCUT2D eigenvalue weighted by Crippen LogP contribution is 2.18. The fourth-order valence-electron chi connectivity index (χ4n) is 2.14. The zero-order chi connectivity index (χ0) is 12.3. The van der Waals surface area contributed by atoms with Crippen molar-refractivity contribution in [1.82, 2.24) is 5.32 Å². The van der Waals surface area contributed by atoms with Gasteiger partial charge in [0.05, 0.1) is 5.92 Å². The van der Waals surface area contributed by atoms with E-state index >= 15 is 0 Å². The molecule has 0 aromatic heterocycles. The molecule has 17 heavy (non-hydrogen) atoms. The van der Waals surface area contributed by atoms with Gasteiger partial charge in [0, 0.05) is 17.3 Å². The summed E-state index contributed by atoms with van der Waals surface area (Å²) in [6.07, 6.45) is 6.21. The van der Waals surface area contributed by atoms with E-state index < -0.39 is 0 Å². The fourth-order valence-corrected chi connectivity index (χ4v) is 2.14. The molecule has 2 N–H and O–H groups in total. The van der Waals surface area contributed by atoms with Crippen LogP contribution in [0.2, 0.25) is 0 Å². The van der Waals surface area contributed by atoms with Crippen LogP contribution in [0.5, 0.6) is 0 Å². The maximum absolute atomic E-state index is 12.0. The van der Waals surface area contributed by atoms with E-state index in [2.05, 4.69) is 16.6 Å². The van der Waals surface area contributed by atoms with Gasteiger partial charge in [0.1, 0.15) is 0 Å². The van der Waals surface area contributed by atoms with Gasteiger partial charge in [0.2, 0.25) is 5.91 Å². The average Bonchev–Trinajstić information content (AvgIpc) is 2.76. The molecule has 0 radical (unpaired) electrons. The Labute approximate surface area is 102 Å². The van der Waals surface area contributed by atoms with Gasteiger partial charge in [-0.2, -0.15) is 0 Å². The molecule has 1 aromatic carbocycles. The summed E-state index contributed by atoms with van der Waals surface area (Å²) in [6.45, 7) is 2.94. The molecule has 0 aliphatic carbocycles. The number of terminal acetylenes is 1. The Bertz CT molecular complexity index is 462. The summed E-state index contributed by atoms with van der Waals surface area (Å²) in [4.78, 5) is 12.0. The first-order valence-electron chi connectivity index (χ1n) is 5.81. The maximum atomic E-state index is 12.0. The van der Waals surface area contributed by atoms with Gasteiger partial charge in [-0.1, -0.05) is 12.0 Å². The molecule has 1 fully saturated rings. The van der Waals surface area contributed by atoms with E-state index in [1.54, 1.807) is 0 Å². The molecule has 88 valence electrons. The van der Waals surface area contributed by atoms with E-state index in [1.165, 1.54) is 0 Å². The molecule has 1 aliphatic rings. The third kappa shape index (κ3) is 2.66. The van der Waals surface area contributed by atoms with E-state index in [-0.39, 0.29) is 17.9 Å². The van der Waals surface area contributed by atoms with Crippen molar-refractivity contribution in [2.45, 2.75) is 19.4 Å². The lowest BCUT2D eigenvalue weighted by molar-refractivity contribution is -0.119. The van der Waals surface area contributed by atoms with Crippen molar-refractivity contribution < 1.29 is 4.79 Å². The Morgan fingerprint density at radius 1 is 1.59 bits per heavy atom. The van der Waals surface area contributed by atoms with Crippen LogP contribution in [0.3, 0.4) is 0 Å². The third-order valence-corrected chi connectivity index (χ3v) is 3.16. The molecule has 1 amide bonds. The Kier molecular flexibility index (Phi) is 3.46. The number of hydrogen-bond acceptors (Lipinski definition) is 2. The van der Waals surface area contributed by atoms with E-state index in [0.29, 0.717) is 0 Å². The Morgan fingerprint density at radius 3 is 3.06 bits per heavy atom. The minimum Gasteiger partial charge on any atom is -0.326 e. The SMILES string of the molecule is C#Cc1cccc(NC(=O)C2CCNC2C)c1. The second kappa shape index (κ2) is 5.03. The van der Waals surface area contributed by atoms with Crippen molar-refractivity contribution in [3.8, 4) is 12.3 Å². The van der Waals surface area contributed by atoms with Gasteiger partial charge in [-0.3, -0.25) is 4.79 Å². The normalized spacial score (nSPS) is 23.1. The van der Waals surface area contributed by atoms with E-state index in [1.807, 2.05) is 31.2 Å². The lowest BCUT2D eigenvalue weighted by atomic mass is 10.0. The van der Waals surface area contributed by atoms with Crippen molar-refractivity contribution in [3.63, 3.8) is 0 Å². The van der Waals surface area contributed by atoms with Crippen LogP contribution in [0.4, 0.5) is 5.69 Å². The van der Waals surface area contributed by atoms with Crippen LogP contribution in [-0.4, -0.2) is 18.5 Å². The molecular weight excluding hydrogens is 212 g/mol. The number of hydrogen-bond donors (Lipinski definition) is 2. The van der Waals surface area contributed by atoms with Crippen molar-refractivity contribution in [3.05, 3.63) is 29.8 Å². The largest absolute Gasteiger partial charge is 0.326 e. The zero-order valence-electron chi connectivity index (χ0n) is 9.86. The van der Waals surface area contributed by atoms with Crippen molar-refractivity contribution in [2.24, 2.45) is 5.92 Å². The number of carbonyl (C=O) groups excluding carboxylic acids is 1. The van der Waals surface area contributed by atoms with E-state index in [9.17, 15) is 4.79 Å². The quantitative estimate of drug-likeness (QED) is 0.755. The topological polar surface area (TPSA) is 41.1 Å². The third-order valence-electron chi connectivity index (χ3n) is 3.16. The number of nitrogens with one attached hydrogen (secondary N) is 2. The number of amides is 1. The second-order valence-electron chi connectivity index (χ2n) is 4.35. The number of benzene rings is 1. The molecule has 2 rings (SSSR count). The van der Waals surface area contributed by atoms with Crippen molar-refractivity contribution in [1.29, 1.82) is 0 Å². The van der Waals surface area contributed by atoms with Crippen LogP contribution in [-0.2, 0) is 4.79 Å². The van der Waals surface area contributed by atoms with Crippen LogP contribution in [0, 0.1) is 18.3 Å². The Balaban J connectivity index is 2.05. The van der Waals surface area contributed by atoms with Gasteiger partial charge in [-0.15, -0.1) is 6.42 Å². The molecule has 0 spiro atoms. The number of anilines is 1. The summed E-state index contributed by atoms with van der Waals surface area (Å²) < 4.78 is 0. The molecule has 3 nitrogen and oxygen atoms in total. The van der Waals surface area contributed by atoms with Crippen LogP contribution in [0.25, 0.3) is 0 Å². The minimum atomic E-state index is 0.0458. The maximum Gasteiger partial charge on any atom is 0.229 e. The first kappa shape index (κ1) is 11.7. The van der Waals surface area contributed by atoms with Gasteiger partial charge in [0.15, 0.2) is 0 Å². The fraction of sp³-hybridized carbons (Fsp3) is 0.357. The van der Waals surface area contributed by atoms with Crippen LogP contribution >= 0.6 is 0 Å². The molecular formula is C14H16N2O. The van der Waals surface area contributed by atoms with Crippen molar-refractivity contribution >= 4 is 11.6 Å². The summed E-state index contributed by atoms with van der Waals surface area (Å²) in [5.74, 6) is 2.67. The highest BCUT2D eigenvalue weighted by Gasteiger charge is 2.29. The lowest BCUT2D eigenvalue weighted by Crippen LogP contribution is -2.32. The molecule has 1 heterocycles. The van der Waals surface area contributed by atoms with Crippen LogP contribution in [0.15, 0.2) is 24.3 Å². The molecule has 2 unspecified atom stereocenters. The van der Waals surface area contributed by atoms with Gasteiger partial charge < -0.3 is 10.6 Å². The van der Waals surface area contributed by atoms with Gasteiger partial charge >= 0.3 is 0 Å². The monoisotopic (exact) mass is 228 g/mol. The molecule has 0 saturated carbocycles. The molecule has 3 heteroatoms. The van der Waals surface area contributed by atoms with Gasteiger partial charge in [-0.05, 0) is 38.1 Å². The summed E-state index contributed by atoms with van der Waals surface area (Å²) in [7, 11) is 0. The molecule has 0 bridgehead atoms. The Morgan fingerprint density at radius 2 is 2.41 bits per heavy atom. The van der Waals surface area contributed by atoms with Gasteiger partial charge in [-0.25, -0.2) is 0 Å². The number of carbonyl (C=O) groups is 1. The zero-order valence-corrected chi connectivity index (χ0v) is 9.86. The highest BCUT2D eigenvalue weighted by atomic mass is 16.1. The van der Waals surface area contributed by atoms with E-state index in [0.717, 1.165) is 24.2 Å². The number of rotatable bonds is 2. The standard InChI is InChI=1S/C14H16N2O/c1-3-11-5-4-6-12(9-11)16-14(17)13-7-8-15-10(13)2/h1,4-6,9-10,13,15H,7-8H2,2H3,(H,16,17). The summed E-state index contributed by atoms with van der Waals surface area (Å²) in [5.41, 5.74) is 1.55. The summed E-state index contributed by atoms with van der Waals surface area (Å²) >= 11 is 0. The predicted molar refractivity (Wildman–Crippen MR) is 68.6 cm³/mol. The van der Waals surface area contributed by atoms with Crippen LogP contribution in [0.1, 0.15) is 18.9 Å².